The van der Waals surface area contributed by atoms with Crippen molar-refractivity contribution in [2.75, 3.05) is 12.4 Å². The molecule has 7 nitrogen and oxygen atoms in total. The first-order chi connectivity index (χ1) is 16.5. The number of hydrogen-bond acceptors (Lipinski definition) is 5. The number of para-hydroxylation sites is 1. The summed E-state index contributed by atoms with van der Waals surface area (Å²) in [4.78, 5) is 23.9. The fraction of sp³-hybridized carbons (Fsp3) is 0.160. The summed E-state index contributed by atoms with van der Waals surface area (Å²) in [6.45, 7) is 0.404. The number of carbonyl (C=O) groups excluding carboxylic acids is 2. The van der Waals surface area contributed by atoms with Gasteiger partial charge in [0, 0.05) is 12.8 Å². The third-order valence-corrected chi connectivity index (χ3v) is 5.41. The molecule has 3 aromatic carbocycles. The molecular formula is C25H23FIN3O4. The van der Waals surface area contributed by atoms with E-state index in [2.05, 4.69) is 38.4 Å². The topological polar surface area (TPSA) is 89.0 Å². The first-order valence-corrected chi connectivity index (χ1v) is 11.4. The smallest absolute Gasteiger partial charge is 0.240 e. The van der Waals surface area contributed by atoms with Gasteiger partial charge in [-0.3, -0.25) is 9.59 Å². The highest BCUT2D eigenvalue weighted by molar-refractivity contribution is 14.1. The van der Waals surface area contributed by atoms with Crippen LogP contribution in [0.3, 0.4) is 0 Å². The molecule has 0 aliphatic rings. The largest absolute Gasteiger partial charge is 0.493 e. The van der Waals surface area contributed by atoms with Crippen LogP contribution in [0, 0.1) is 9.39 Å². The Balaban J connectivity index is 1.51. The fourth-order valence-electron chi connectivity index (χ4n) is 2.92. The average Bonchev–Trinajstić information content (AvgIpc) is 2.84. The normalized spacial score (nSPS) is 10.7. The zero-order chi connectivity index (χ0) is 24.3. The summed E-state index contributed by atoms with van der Waals surface area (Å²) in [5, 5.41) is 6.37. The Morgan fingerprint density at radius 2 is 1.74 bits per heavy atom. The van der Waals surface area contributed by atoms with Crippen molar-refractivity contribution in [1.82, 2.24) is 5.43 Å². The van der Waals surface area contributed by atoms with E-state index in [1.54, 1.807) is 19.2 Å². The van der Waals surface area contributed by atoms with Gasteiger partial charge in [0.25, 0.3) is 0 Å². The summed E-state index contributed by atoms with van der Waals surface area (Å²) in [5.41, 5.74) is 4.19. The molecule has 2 N–H and O–H groups in total. The van der Waals surface area contributed by atoms with Crippen LogP contribution in [0.5, 0.6) is 11.5 Å². The summed E-state index contributed by atoms with van der Waals surface area (Å²) >= 11 is 2.15. The lowest BCUT2D eigenvalue weighted by Gasteiger charge is -2.13. The number of anilines is 1. The quantitative estimate of drug-likeness (QED) is 0.205. The molecule has 176 valence electrons. The molecular weight excluding hydrogens is 552 g/mol. The lowest BCUT2D eigenvalue weighted by Crippen LogP contribution is -2.21. The molecule has 0 saturated heterocycles. The second kappa shape index (κ2) is 12.7. The van der Waals surface area contributed by atoms with E-state index >= 15 is 0 Å². The summed E-state index contributed by atoms with van der Waals surface area (Å²) in [6.07, 6.45) is 1.28. The van der Waals surface area contributed by atoms with Crippen molar-refractivity contribution in [3.8, 4) is 11.5 Å². The Bertz CT molecular complexity index is 1170. The Labute approximate surface area is 210 Å². The van der Waals surface area contributed by atoms with E-state index in [1.807, 2.05) is 36.4 Å². The highest BCUT2D eigenvalue weighted by Gasteiger charge is 2.12. The van der Waals surface area contributed by atoms with Gasteiger partial charge in [-0.1, -0.05) is 42.5 Å². The van der Waals surface area contributed by atoms with Crippen LogP contribution in [-0.2, 0) is 16.2 Å². The summed E-state index contributed by atoms with van der Waals surface area (Å²) in [6, 6.07) is 19.2. The van der Waals surface area contributed by atoms with Gasteiger partial charge < -0.3 is 14.8 Å². The van der Waals surface area contributed by atoms with Gasteiger partial charge in [-0.25, -0.2) is 9.82 Å². The SMILES string of the molecule is COc1cc(C=NNC(=O)CCC(=O)Nc2ccccc2F)cc(I)c1OCc1ccccc1. The number of benzene rings is 3. The van der Waals surface area contributed by atoms with E-state index in [9.17, 15) is 14.0 Å². The van der Waals surface area contributed by atoms with Crippen molar-refractivity contribution in [2.24, 2.45) is 5.10 Å². The molecule has 0 bridgehead atoms. The molecule has 0 aromatic heterocycles. The van der Waals surface area contributed by atoms with Crippen molar-refractivity contribution < 1.29 is 23.5 Å². The summed E-state index contributed by atoms with van der Waals surface area (Å²) < 4.78 is 25.8. The fourth-order valence-corrected chi connectivity index (χ4v) is 3.70. The zero-order valence-electron chi connectivity index (χ0n) is 18.4. The number of methoxy groups -OCH3 is 1. The Morgan fingerprint density at radius 1 is 1.03 bits per heavy atom. The van der Waals surface area contributed by atoms with Crippen molar-refractivity contribution in [3.05, 3.63) is 87.2 Å². The van der Waals surface area contributed by atoms with Crippen LogP contribution in [0.1, 0.15) is 24.0 Å². The average molecular weight is 575 g/mol. The summed E-state index contributed by atoms with van der Waals surface area (Å²) in [7, 11) is 1.55. The van der Waals surface area contributed by atoms with E-state index in [-0.39, 0.29) is 18.5 Å². The van der Waals surface area contributed by atoms with Crippen LogP contribution in [0.15, 0.2) is 71.8 Å². The molecule has 0 radical (unpaired) electrons. The Hall–Kier alpha value is -3.47. The molecule has 0 heterocycles. The molecule has 0 fully saturated rings. The van der Waals surface area contributed by atoms with Crippen LogP contribution in [0.25, 0.3) is 0 Å². The van der Waals surface area contributed by atoms with E-state index in [4.69, 9.17) is 9.47 Å². The van der Waals surface area contributed by atoms with E-state index < -0.39 is 17.6 Å². The number of amides is 2. The highest BCUT2D eigenvalue weighted by Crippen LogP contribution is 2.34. The number of rotatable bonds is 10. The van der Waals surface area contributed by atoms with Gasteiger partial charge in [0.2, 0.25) is 11.8 Å². The molecule has 0 spiro atoms. The predicted molar refractivity (Wildman–Crippen MR) is 136 cm³/mol. The number of nitrogens with one attached hydrogen (secondary N) is 2. The second-order valence-corrected chi connectivity index (χ2v) is 8.29. The van der Waals surface area contributed by atoms with Crippen molar-refractivity contribution in [3.63, 3.8) is 0 Å². The molecule has 0 atom stereocenters. The first kappa shape index (κ1) is 25.2. The molecule has 2 amide bonds. The van der Waals surface area contributed by atoms with E-state index in [1.165, 1.54) is 24.4 Å². The predicted octanol–water partition coefficient (Wildman–Crippen LogP) is 4.89. The number of hydrazone groups is 1. The lowest BCUT2D eigenvalue weighted by atomic mass is 10.2. The minimum absolute atomic E-state index is 0.0747. The Morgan fingerprint density at radius 3 is 2.47 bits per heavy atom. The van der Waals surface area contributed by atoms with Crippen LogP contribution in [0.2, 0.25) is 0 Å². The standard InChI is InChI=1S/C25H23FIN3O4/c1-33-22-14-18(13-20(27)25(22)34-16-17-7-3-2-4-8-17)15-28-30-24(32)12-11-23(31)29-21-10-6-5-9-19(21)26/h2-10,13-15H,11-12,16H2,1H3,(H,29,31)(H,30,32). The molecule has 0 saturated carbocycles. The zero-order valence-corrected chi connectivity index (χ0v) is 20.5. The minimum Gasteiger partial charge on any atom is -0.493 e. The second-order valence-electron chi connectivity index (χ2n) is 7.13. The van der Waals surface area contributed by atoms with Crippen LogP contribution < -0.4 is 20.2 Å². The van der Waals surface area contributed by atoms with Gasteiger partial charge >= 0.3 is 0 Å². The van der Waals surface area contributed by atoms with Gasteiger partial charge in [-0.15, -0.1) is 0 Å². The number of carbonyl (C=O) groups is 2. The molecule has 9 heteroatoms. The maximum Gasteiger partial charge on any atom is 0.240 e. The minimum atomic E-state index is -0.536. The first-order valence-electron chi connectivity index (χ1n) is 10.4. The highest BCUT2D eigenvalue weighted by atomic mass is 127. The van der Waals surface area contributed by atoms with Crippen molar-refractivity contribution >= 4 is 46.3 Å². The molecule has 0 aliphatic carbocycles. The molecule has 34 heavy (non-hydrogen) atoms. The number of ether oxygens (including phenoxy) is 2. The maximum absolute atomic E-state index is 13.6. The van der Waals surface area contributed by atoms with Gasteiger partial charge in [0.1, 0.15) is 12.4 Å². The van der Waals surface area contributed by atoms with Crippen molar-refractivity contribution in [1.29, 1.82) is 0 Å². The Kier molecular flexibility index (Phi) is 9.39. The van der Waals surface area contributed by atoms with Crippen LogP contribution >= 0.6 is 22.6 Å². The van der Waals surface area contributed by atoms with Crippen LogP contribution in [-0.4, -0.2) is 25.1 Å². The third kappa shape index (κ3) is 7.55. The lowest BCUT2D eigenvalue weighted by molar-refractivity contribution is -0.124. The number of hydrogen-bond donors (Lipinski definition) is 2. The van der Waals surface area contributed by atoms with Gasteiger partial charge in [0.05, 0.1) is 22.6 Å². The molecule has 0 aliphatic heterocycles. The van der Waals surface area contributed by atoms with E-state index in [0.29, 0.717) is 23.7 Å². The van der Waals surface area contributed by atoms with Crippen molar-refractivity contribution in [2.45, 2.75) is 19.4 Å². The van der Waals surface area contributed by atoms with E-state index in [0.717, 1.165) is 9.13 Å². The summed E-state index contributed by atoms with van der Waals surface area (Å²) in [5.74, 6) is -0.278. The number of nitrogens with zero attached hydrogens (tertiary/aromatic N) is 1. The molecule has 3 rings (SSSR count). The van der Waals surface area contributed by atoms with Gasteiger partial charge in [-0.05, 0) is 58.0 Å². The number of halogens is 2. The van der Waals surface area contributed by atoms with Gasteiger partial charge in [-0.2, -0.15) is 5.10 Å². The van der Waals surface area contributed by atoms with Gasteiger partial charge in [0.15, 0.2) is 11.5 Å². The monoisotopic (exact) mass is 575 g/mol. The maximum atomic E-state index is 13.6. The third-order valence-electron chi connectivity index (χ3n) is 4.61. The van der Waals surface area contributed by atoms with Crippen LogP contribution in [0.4, 0.5) is 10.1 Å². The molecule has 3 aromatic rings. The molecule has 0 unspecified atom stereocenters.